The van der Waals surface area contributed by atoms with E-state index in [4.69, 9.17) is 10.2 Å². The number of hydrogen-bond donors (Lipinski definition) is 2. The molecule has 0 fully saturated rings. The zero-order chi connectivity index (χ0) is 20.2. The summed E-state index contributed by atoms with van der Waals surface area (Å²) in [4.78, 5) is 30.7. The second-order valence-electron chi connectivity index (χ2n) is 6.89. The predicted octanol–water partition coefficient (Wildman–Crippen LogP) is 4.38. The maximum absolute atomic E-state index is 11.3. The highest BCUT2D eigenvalue weighted by Crippen LogP contribution is 2.10. The molecule has 0 aliphatic rings. The Balaban J connectivity index is 3.33. The number of allylic oxidation sites excluding steroid dienone is 2. The monoisotopic (exact) mass is 386 g/mol. The maximum atomic E-state index is 11.3. The number of carbonyl (C=O) groups excluding carboxylic acids is 2. The molecule has 0 saturated carbocycles. The summed E-state index contributed by atoms with van der Waals surface area (Å²) in [6.45, 7) is 1.47. The van der Waals surface area contributed by atoms with E-state index < -0.39 is 24.6 Å². The van der Waals surface area contributed by atoms with Crippen molar-refractivity contribution in [1.29, 1.82) is 0 Å². The number of aliphatic hydroxyl groups is 2. The van der Waals surface area contributed by atoms with Crippen molar-refractivity contribution >= 4 is 11.9 Å². The van der Waals surface area contributed by atoms with Gasteiger partial charge in [-0.3, -0.25) is 0 Å². The van der Waals surface area contributed by atoms with Crippen LogP contribution in [0.15, 0.2) is 12.2 Å². The Morgan fingerprint density at radius 2 is 1.33 bits per heavy atom. The van der Waals surface area contributed by atoms with Crippen molar-refractivity contribution in [3.8, 4) is 0 Å². The molecule has 0 aromatic carbocycles. The van der Waals surface area contributed by atoms with Crippen molar-refractivity contribution in [3.63, 3.8) is 0 Å². The number of hydrogen-bond acceptors (Lipinski definition) is 6. The van der Waals surface area contributed by atoms with E-state index in [0.717, 1.165) is 32.1 Å². The largest absolute Gasteiger partial charge is 0.393 e. The smallest absolute Gasteiger partial charge is 0.386 e. The van der Waals surface area contributed by atoms with Crippen LogP contribution < -0.4 is 0 Å². The zero-order valence-electron chi connectivity index (χ0n) is 16.9. The summed E-state index contributed by atoms with van der Waals surface area (Å²) >= 11 is 0. The molecule has 6 nitrogen and oxygen atoms in total. The number of unbranched alkanes of at least 4 members (excludes halogenated alkanes) is 11. The molecular weight excluding hydrogens is 348 g/mol. The van der Waals surface area contributed by atoms with Crippen molar-refractivity contribution in [3.05, 3.63) is 12.2 Å². The van der Waals surface area contributed by atoms with Crippen molar-refractivity contribution in [2.24, 2.45) is 0 Å². The zero-order valence-corrected chi connectivity index (χ0v) is 16.9. The Hall–Kier alpha value is -1.40. The number of aliphatic hydroxyl groups excluding tert-OH is 2. The molecule has 0 aromatic rings. The SMILES string of the molecule is CCCCCCCC/C=C\CCCCCCCC(=O)OOC(=O)C(O)CO. The third-order valence-corrected chi connectivity index (χ3v) is 4.30. The van der Waals surface area contributed by atoms with E-state index in [2.05, 4.69) is 28.9 Å². The molecule has 0 aliphatic carbocycles. The second kappa shape index (κ2) is 19.4. The molecule has 0 aliphatic heterocycles. The molecular formula is C21H38O6. The predicted molar refractivity (Wildman–Crippen MR) is 105 cm³/mol. The Morgan fingerprint density at radius 1 is 0.815 bits per heavy atom. The molecule has 0 spiro atoms. The van der Waals surface area contributed by atoms with Gasteiger partial charge >= 0.3 is 11.9 Å². The van der Waals surface area contributed by atoms with Gasteiger partial charge in [-0.15, -0.1) is 0 Å². The standard InChI is InChI=1S/C21H38O6/c1-2-3-4-5-6-7-8-9-10-11-12-13-14-15-16-17-20(24)26-27-21(25)19(23)18-22/h9-10,19,22-23H,2-8,11-18H2,1H3/b10-9-. The summed E-state index contributed by atoms with van der Waals surface area (Å²) in [6.07, 6.45) is 18.3. The summed E-state index contributed by atoms with van der Waals surface area (Å²) in [5, 5.41) is 17.5. The average molecular weight is 387 g/mol. The van der Waals surface area contributed by atoms with Crippen LogP contribution in [-0.4, -0.2) is 34.9 Å². The summed E-state index contributed by atoms with van der Waals surface area (Å²) in [7, 11) is 0. The van der Waals surface area contributed by atoms with Crippen LogP contribution in [0, 0.1) is 0 Å². The average Bonchev–Trinajstić information content (AvgIpc) is 2.68. The van der Waals surface area contributed by atoms with Crippen LogP contribution in [0.3, 0.4) is 0 Å². The Labute approximate surface area is 163 Å². The molecule has 0 saturated heterocycles. The van der Waals surface area contributed by atoms with Crippen LogP contribution in [-0.2, 0) is 19.4 Å². The molecule has 0 aromatic heterocycles. The summed E-state index contributed by atoms with van der Waals surface area (Å²) in [5.41, 5.74) is 0. The minimum Gasteiger partial charge on any atom is -0.393 e. The van der Waals surface area contributed by atoms with Gasteiger partial charge in [-0.2, -0.15) is 0 Å². The molecule has 0 heterocycles. The molecule has 27 heavy (non-hydrogen) atoms. The molecule has 0 radical (unpaired) electrons. The van der Waals surface area contributed by atoms with E-state index in [1.54, 1.807) is 0 Å². The van der Waals surface area contributed by atoms with Crippen LogP contribution in [0.2, 0.25) is 0 Å². The highest BCUT2D eigenvalue weighted by molar-refractivity contribution is 5.75. The molecule has 0 bridgehead atoms. The summed E-state index contributed by atoms with van der Waals surface area (Å²) in [6, 6.07) is 0. The lowest BCUT2D eigenvalue weighted by atomic mass is 10.1. The van der Waals surface area contributed by atoms with Gasteiger partial charge in [0.25, 0.3) is 0 Å². The van der Waals surface area contributed by atoms with E-state index in [1.165, 1.54) is 44.9 Å². The Bertz CT molecular complexity index is 394. The minimum atomic E-state index is -1.68. The van der Waals surface area contributed by atoms with Crippen LogP contribution in [0.1, 0.15) is 96.8 Å². The fourth-order valence-corrected chi connectivity index (χ4v) is 2.60. The molecule has 0 amide bonds. The van der Waals surface area contributed by atoms with Gasteiger partial charge in [0, 0.05) is 0 Å². The van der Waals surface area contributed by atoms with E-state index in [9.17, 15) is 9.59 Å². The molecule has 6 heteroatoms. The lowest BCUT2D eigenvalue weighted by molar-refractivity contribution is -0.265. The van der Waals surface area contributed by atoms with Gasteiger partial charge < -0.3 is 10.2 Å². The maximum Gasteiger partial charge on any atom is 0.386 e. The van der Waals surface area contributed by atoms with Gasteiger partial charge in [-0.1, -0.05) is 70.4 Å². The van der Waals surface area contributed by atoms with Crippen molar-refractivity contribution in [2.45, 2.75) is 103 Å². The van der Waals surface area contributed by atoms with Crippen LogP contribution in [0.25, 0.3) is 0 Å². The topological polar surface area (TPSA) is 93.1 Å². The Morgan fingerprint density at radius 3 is 1.89 bits per heavy atom. The minimum absolute atomic E-state index is 0.167. The van der Waals surface area contributed by atoms with Gasteiger partial charge in [-0.25, -0.2) is 19.4 Å². The fraction of sp³-hybridized carbons (Fsp3) is 0.810. The lowest BCUT2D eigenvalue weighted by Crippen LogP contribution is -2.27. The van der Waals surface area contributed by atoms with Crippen molar-refractivity contribution < 1.29 is 29.6 Å². The van der Waals surface area contributed by atoms with E-state index in [0.29, 0.717) is 6.42 Å². The first-order valence-corrected chi connectivity index (χ1v) is 10.5. The highest BCUT2D eigenvalue weighted by atomic mass is 17.2. The first kappa shape index (κ1) is 25.6. The first-order valence-electron chi connectivity index (χ1n) is 10.5. The summed E-state index contributed by atoms with van der Waals surface area (Å²) in [5.74, 6) is -1.82. The number of carbonyl (C=O) groups is 2. The van der Waals surface area contributed by atoms with Gasteiger partial charge in [0.15, 0.2) is 6.10 Å². The molecule has 1 unspecified atom stereocenters. The highest BCUT2D eigenvalue weighted by Gasteiger charge is 2.18. The Kier molecular flexibility index (Phi) is 18.4. The van der Waals surface area contributed by atoms with E-state index in [1.807, 2.05) is 0 Å². The van der Waals surface area contributed by atoms with Gasteiger partial charge in [0.05, 0.1) is 13.0 Å². The van der Waals surface area contributed by atoms with Crippen LogP contribution in [0.5, 0.6) is 0 Å². The van der Waals surface area contributed by atoms with Crippen LogP contribution >= 0.6 is 0 Å². The normalized spacial score (nSPS) is 12.3. The van der Waals surface area contributed by atoms with Gasteiger partial charge in [0.1, 0.15) is 0 Å². The van der Waals surface area contributed by atoms with Gasteiger partial charge in [-0.05, 0) is 32.1 Å². The second-order valence-corrected chi connectivity index (χ2v) is 6.89. The quantitative estimate of drug-likeness (QED) is 0.167. The van der Waals surface area contributed by atoms with E-state index in [-0.39, 0.29) is 6.42 Å². The van der Waals surface area contributed by atoms with Crippen molar-refractivity contribution in [2.75, 3.05) is 6.61 Å². The molecule has 158 valence electrons. The lowest BCUT2D eigenvalue weighted by Gasteiger charge is -2.06. The molecule has 0 rings (SSSR count). The first-order chi connectivity index (χ1) is 13.1. The summed E-state index contributed by atoms with van der Waals surface area (Å²) < 4.78 is 0. The fourth-order valence-electron chi connectivity index (χ4n) is 2.60. The third kappa shape index (κ3) is 17.8. The number of rotatable bonds is 17. The molecule has 1 atom stereocenters. The van der Waals surface area contributed by atoms with Crippen molar-refractivity contribution in [1.82, 2.24) is 0 Å². The third-order valence-electron chi connectivity index (χ3n) is 4.30. The molecule has 2 N–H and O–H groups in total. The van der Waals surface area contributed by atoms with Crippen LogP contribution in [0.4, 0.5) is 0 Å². The van der Waals surface area contributed by atoms with E-state index >= 15 is 0 Å². The van der Waals surface area contributed by atoms with Gasteiger partial charge in [0.2, 0.25) is 0 Å².